The molecule has 30 heavy (non-hydrogen) atoms. The van der Waals surface area contributed by atoms with E-state index in [1.807, 2.05) is 33.8 Å². The van der Waals surface area contributed by atoms with Crippen LogP contribution in [0.5, 0.6) is 0 Å². The van der Waals surface area contributed by atoms with Crippen molar-refractivity contribution in [1.82, 2.24) is 9.88 Å². The lowest BCUT2D eigenvalue weighted by molar-refractivity contribution is 0.393. The van der Waals surface area contributed by atoms with E-state index >= 15 is 0 Å². The smallest absolute Gasteiger partial charge is 0.241 e. The first-order chi connectivity index (χ1) is 14.2. The SMILES string of the molecule is Cc1noc(C)c1-c1cc2c(c(S(=O)(=O)NC3CCCC3)c1)CC(=NC(C)C)CN2. The van der Waals surface area contributed by atoms with E-state index in [9.17, 15) is 8.42 Å². The van der Waals surface area contributed by atoms with E-state index in [2.05, 4.69) is 20.2 Å². The summed E-state index contributed by atoms with van der Waals surface area (Å²) in [6.07, 6.45) is 4.45. The molecule has 4 rings (SSSR count). The van der Waals surface area contributed by atoms with Crippen LogP contribution in [0.1, 0.15) is 56.5 Å². The number of hydrogen-bond acceptors (Lipinski definition) is 6. The zero-order chi connectivity index (χ0) is 21.5. The Hall–Kier alpha value is -2.19. The van der Waals surface area contributed by atoms with Gasteiger partial charge in [-0.2, -0.15) is 0 Å². The van der Waals surface area contributed by atoms with Crippen LogP contribution < -0.4 is 10.0 Å². The summed E-state index contributed by atoms with van der Waals surface area (Å²) in [6, 6.07) is 3.95. The molecule has 1 aromatic heterocycles. The van der Waals surface area contributed by atoms with Crippen molar-refractivity contribution in [3.05, 3.63) is 29.2 Å². The Bertz CT molecular complexity index is 1060. The number of aryl methyl sites for hydroxylation is 2. The minimum absolute atomic E-state index is 0.00808. The van der Waals surface area contributed by atoms with E-state index in [4.69, 9.17) is 4.52 Å². The summed E-state index contributed by atoms with van der Waals surface area (Å²) in [5, 5.41) is 7.44. The molecule has 0 unspecified atom stereocenters. The summed E-state index contributed by atoms with van der Waals surface area (Å²) < 4.78 is 35.2. The van der Waals surface area contributed by atoms with E-state index in [-0.39, 0.29) is 12.1 Å². The number of benzene rings is 1. The van der Waals surface area contributed by atoms with Crippen LogP contribution in [-0.4, -0.2) is 37.9 Å². The van der Waals surface area contributed by atoms with E-state index in [1.165, 1.54) is 0 Å². The third kappa shape index (κ3) is 4.16. The molecule has 8 heteroatoms. The molecular weight excluding hydrogens is 400 g/mol. The molecule has 1 aliphatic carbocycles. The van der Waals surface area contributed by atoms with Crippen LogP contribution in [0.15, 0.2) is 26.5 Å². The topological polar surface area (TPSA) is 96.6 Å². The van der Waals surface area contributed by atoms with Crippen molar-refractivity contribution in [3.8, 4) is 11.1 Å². The van der Waals surface area contributed by atoms with Crippen LogP contribution in [0.2, 0.25) is 0 Å². The van der Waals surface area contributed by atoms with Gasteiger partial charge in [-0.25, -0.2) is 13.1 Å². The lowest BCUT2D eigenvalue weighted by atomic mass is 9.96. The van der Waals surface area contributed by atoms with Crippen LogP contribution in [-0.2, 0) is 16.4 Å². The molecule has 2 aromatic rings. The van der Waals surface area contributed by atoms with Crippen molar-refractivity contribution in [2.45, 2.75) is 76.8 Å². The maximum absolute atomic E-state index is 13.5. The Labute approximate surface area is 178 Å². The highest BCUT2D eigenvalue weighted by molar-refractivity contribution is 7.89. The molecule has 0 amide bonds. The Morgan fingerprint density at radius 3 is 2.60 bits per heavy atom. The van der Waals surface area contributed by atoms with Gasteiger partial charge in [0.1, 0.15) is 5.76 Å². The largest absolute Gasteiger partial charge is 0.379 e. The molecule has 0 saturated heterocycles. The van der Waals surface area contributed by atoms with Crippen LogP contribution in [0, 0.1) is 13.8 Å². The third-order valence-corrected chi connectivity index (χ3v) is 7.39. The van der Waals surface area contributed by atoms with Gasteiger partial charge in [0.25, 0.3) is 0 Å². The predicted octanol–water partition coefficient (Wildman–Crippen LogP) is 4.00. The first-order valence-electron chi connectivity index (χ1n) is 10.7. The van der Waals surface area contributed by atoms with Gasteiger partial charge < -0.3 is 9.84 Å². The first kappa shape index (κ1) is 21.1. The van der Waals surface area contributed by atoms with Crippen LogP contribution in [0.25, 0.3) is 11.1 Å². The second-order valence-corrected chi connectivity index (χ2v) is 10.3. The standard InChI is InChI=1S/C22H30N4O3S/c1-13(2)24-18-11-19-20(23-12-18)9-16(22-14(3)25-29-15(22)4)10-21(19)30(27,28)26-17-7-5-6-8-17/h9-10,13,17,23,26H,5-8,11-12H2,1-4H3. The summed E-state index contributed by atoms with van der Waals surface area (Å²) in [4.78, 5) is 5.00. The van der Waals surface area contributed by atoms with Crippen molar-refractivity contribution in [2.75, 3.05) is 11.9 Å². The van der Waals surface area contributed by atoms with Gasteiger partial charge in [0.2, 0.25) is 10.0 Å². The quantitative estimate of drug-likeness (QED) is 0.747. The molecule has 1 saturated carbocycles. The minimum atomic E-state index is -3.67. The number of aliphatic imine (C=N–C) groups is 1. The van der Waals surface area contributed by atoms with Crippen molar-refractivity contribution in [3.63, 3.8) is 0 Å². The van der Waals surface area contributed by atoms with Crippen LogP contribution >= 0.6 is 0 Å². The highest BCUT2D eigenvalue weighted by atomic mass is 32.2. The second-order valence-electron chi connectivity index (χ2n) is 8.62. The maximum Gasteiger partial charge on any atom is 0.241 e. The molecule has 1 aliphatic heterocycles. The van der Waals surface area contributed by atoms with Gasteiger partial charge in [-0.1, -0.05) is 18.0 Å². The van der Waals surface area contributed by atoms with Crippen molar-refractivity contribution < 1.29 is 12.9 Å². The molecule has 2 heterocycles. The van der Waals surface area contributed by atoms with E-state index in [0.717, 1.165) is 59.5 Å². The fraction of sp³-hybridized carbons (Fsp3) is 0.545. The normalized spacial score (nSPS) is 18.8. The van der Waals surface area contributed by atoms with Crippen molar-refractivity contribution >= 4 is 21.4 Å². The molecule has 0 spiro atoms. The van der Waals surface area contributed by atoms with Gasteiger partial charge in [-0.05, 0) is 58.2 Å². The summed E-state index contributed by atoms with van der Waals surface area (Å²) in [7, 11) is -3.67. The van der Waals surface area contributed by atoms with Crippen molar-refractivity contribution in [1.29, 1.82) is 0 Å². The monoisotopic (exact) mass is 430 g/mol. The Morgan fingerprint density at radius 1 is 1.23 bits per heavy atom. The molecule has 2 N–H and O–H groups in total. The maximum atomic E-state index is 13.5. The highest BCUT2D eigenvalue weighted by Gasteiger charge is 2.30. The molecule has 2 aliphatic rings. The number of nitrogens with zero attached hydrogens (tertiary/aromatic N) is 2. The van der Waals surface area contributed by atoms with E-state index < -0.39 is 10.0 Å². The number of hydrogen-bond donors (Lipinski definition) is 2. The molecule has 1 aromatic carbocycles. The number of aromatic nitrogens is 1. The minimum Gasteiger partial charge on any atom is -0.379 e. The average molecular weight is 431 g/mol. The van der Waals surface area contributed by atoms with Gasteiger partial charge in [0, 0.05) is 41.0 Å². The lowest BCUT2D eigenvalue weighted by Crippen LogP contribution is -2.34. The molecular formula is C22H30N4O3S. The molecule has 0 radical (unpaired) electrons. The zero-order valence-corrected chi connectivity index (χ0v) is 18.9. The second kappa shape index (κ2) is 8.15. The molecule has 0 atom stereocenters. The fourth-order valence-electron chi connectivity index (χ4n) is 4.51. The fourth-order valence-corrected chi connectivity index (χ4v) is 6.10. The first-order valence-corrected chi connectivity index (χ1v) is 12.1. The number of anilines is 1. The van der Waals surface area contributed by atoms with E-state index in [1.54, 1.807) is 6.07 Å². The number of fused-ring (bicyclic) bond motifs is 1. The Balaban J connectivity index is 1.84. The summed E-state index contributed by atoms with van der Waals surface area (Å²) in [6.45, 7) is 8.40. The Kier molecular flexibility index (Phi) is 5.72. The van der Waals surface area contributed by atoms with Crippen LogP contribution in [0.4, 0.5) is 5.69 Å². The highest BCUT2D eigenvalue weighted by Crippen LogP contribution is 2.37. The molecule has 0 bridgehead atoms. The number of rotatable bonds is 5. The molecule has 7 nitrogen and oxygen atoms in total. The van der Waals surface area contributed by atoms with Gasteiger partial charge >= 0.3 is 0 Å². The lowest BCUT2D eigenvalue weighted by Gasteiger charge is -2.25. The third-order valence-electron chi connectivity index (χ3n) is 5.80. The summed E-state index contributed by atoms with van der Waals surface area (Å²) in [5.41, 5.74) is 4.98. The summed E-state index contributed by atoms with van der Waals surface area (Å²) in [5.74, 6) is 0.678. The Morgan fingerprint density at radius 2 is 1.97 bits per heavy atom. The van der Waals surface area contributed by atoms with E-state index in [0.29, 0.717) is 23.6 Å². The van der Waals surface area contributed by atoms with Crippen molar-refractivity contribution in [2.24, 2.45) is 4.99 Å². The van der Waals surface area contributed by atoms with Gasteiger partial charge in [0.15, 0.2) is 0 Å². The average Bonchev–Trinajstić information content (AvgIpc) is 3.29. The number of nitrogens with one attached hydrogen (secondary N) is 2. The predicted molar refractivity (Wildman–Crippen MR) is 119 cm³/mol. The van der Waals surface area contributed by atoms with Gasteiger partial charge in [-0.3, -0.25) is 4.99 Å². The van der Waals surface area contributed by atoms with Crippen LogP contribution in [0.3, 0.4) is 0 Å². The van der Waals surface area contributed by atoms with Gasteiger partial charge in [-0.15, -0.1) is 0 Å². The molecule has 1 fully saturated rings. The molecule has 162 valence electrons. The zero-order valence-electron chi connectivity index (χ0n) is 18.1. The number of sulfonamides is 1. The summed E-state index contributed by atoms with van der Waals surface area (Å²) >= 11 is 0. The van der Waals surface area contributed by atoms with Gasteiger partial charge in [0.05, 0.1) is 17.1 Å².